The predicted molar refractivity (Wildman–Crippen MR) is 169 cm³/mol. The van der Waals surface area contributed by atoms with E-state index in [4.69, 9.17) is 13.9 Å². The maximum atomic E-state index is 13.8. The smallest absolute Gasteiger partial charge is 0.344 e. The molecule has 0 atom stereocenters. The molecule has 3 aromatic carbocycles. The van der Waals surface area contributed by atoms with Gasteiger partial charge in [0.2, 0.25) is 0 Å². The fourth-order valence-corrected chi connectivity index (χ4v) is 6.29. The highest BCUT2D eigenvalue weighted by molar-refractivity contribution is 5.88. The molecule has 2 saturated heterocycles. The van der Waals surface area contributed by atoms with Crippen LogP contribution in [-0.4, -0.2) is 62.3 Å². The van der Waals surface area contributed by atoms with E-state index in [0.717, 1.165) is 61.5 Å². The van der Waals surface area contributed by atoms with Gasteiger partial charge >= 0.3 is 5.63 Å². The van der Waals surface area contributed by atoms with Crippen molar-refractivity contribution in [2.75, 3.05) is 52.5 Å². The third-order valence-electron chi connectivity index (χ3n) is 8.67. The van der Waals surface area contributed by atoms with Crippen LogP contribution in [0.1, 0.15) is 49.7 Å². The van der Waals surface area contributed by atoms with Gasteiger partial charge in [0.15, 0.2) is 0 Å². The minimum atomic E-state index is -0.447. The first-order valence-electron chi connectivity index (χ1n) is 15.8. The maximum absolute atomic E-state index is 13.8. The van der Waals surface area contributed by atoms with E-state index < -0.39 is 5.63 Å². The molecule has 0 bridgehead atoms. The second kappa shape index (κ2) is 14.2. The summed E-state index contributed by atoms with van der Waals surface area (Å²) in [6, 6.07) is 19.8. The molecule has 43 heavy (non-hydrogen) atoms. The van der Waals surface area contributed by atoms with Gasteiger partial charge in [0.1, 0.15) is 36.1 Å². The largest absolute Gasteiger partial charge is 0.492 e. The Morgan fingerprint density at radius 3 is 1.91 bits per heavy atom. The topological polar surface area (TPSA) is 55.1 Å². The number of likely N-dealkylation sites (tertiary alicyclic amines) is 2. The fourth-order valence-electron chi connectivity index (χ4n) is 6.29. The van der Waals surface area contributed by atoms with Crippen molar-refractivity contribution in [3.8, 4) is 22.6 Å². The summed E-state index contributed by atoms with van der Waals surface area (Å²) in [4.78, 5) is 18.3. The van der Waals surface area contributed by atoms with Crippen LogP contribution in [0, 0.1) is 5.82 Å². The van der Waals surface area contributed by atoms with E-state index in [1.807, 2.05) is 42.5 Å². The third-order valence-corrected chi connectivity index (χ3v) is 8.67. The zero-order valence-electron chi connectivity index (χ0n) is 24.9. The molecule has 1 aromatic heterocycles. The summed E-state index contributed by atoms with van der Waals surface area (Å²) in [5.41, 5.74) is 3.01. The molecule has 2 fully saturated rings. The molecule has 0 saturated carbocycles. The van der Waals surface area contributed by atoms with Gasteiger partial charge < -0.3 is 13.9 Å². The van der Waals surface area contributed by atoms with Gasteiger partial charge in [-0.15, -0.1) is 0 Å². The Morgan fingerprint density at radius 2 is 1.28 bits per heavy atom. The lowest BCUT2D eigenvalue weighted by molar-refractivity contribution is 0.183. The number of ether oxygens (including phenoxy) is 2. The van der Waals surface area contributed by atoms with Gasteiger partial charge in [-0.3, -0.25) is 9.80 Å². The standard InChI is InChI=1S/C36H41FN2O4/c37-29-11-9-28(10-12-29)35-33(25-27-7-13-30(14-8-27)41-23-21-38-17-3-1-4-18-38)32-16-15-31(26-34(32)43-36(35)40)42-24-22-39-19-5-2-6-20-39/h7-16,26H,1-6,17-25H2. The number of piperidine rings is 2. The van der Waals surface area contributed by atoms with Crippen molar-refractivity contribution in [1.29, 1.82) is 0 Å². The normalized spacial score (nSPS) is 16.4. The lowest BCUT2D eigenvalue weighted by atomic mass is 9.93. The molecule has 226 valence electrons. The number of hydrogen-bond acceptors (Lipinski definition) is 6. The second-order valence-electron chi connectivity index (χ2n) is 11.7. The van der Waals surface area contributed by atoms with Crippen molar-refractivity contribution in [2.24, 2.45) is 0 Å². The molecule has 0 unspecified atom stereocenters. The van der Waals surface area contributed by atoms with Crippen LogP contribution in [0.25, 0.3) is 22.1 Å². The summed E-state index contributed by atoms with van der Waals surface area (Å²) in [5, 5.41) is 0.837. The van der Waals surface area contributed by atoms with Crippen LogP contribution in [0.4, 0.5) is 4.39 Å². The SMILES string of the molecule is O=c1oc2cc(OCCN3CCCCC3)ccc2c(Cc2ccc(OCCN3CCCCC3)cc2)c1-c1ccc(F)cc1. The van der Waals surface area contributed by atoms with Gasteiger partial charge in [0.25, 0.3) is 0 Å². The first kappa shape index (κ1) is 29.4. The predicted octanol–water partition coefficient (Wildman–Crippen LogP) is 6.92. The summed E-state index contributed by atoms with van der Waals surface area (Å²) in [6.07, 6.45) is 8.18. The van der Waals surface area contributed by atoms with Gasteiger partial charge in [-0.05, 0) is 111 Å². The number of halogens is 1. The van der Waals surface area contributed by atoms with E-state index in [1.165, 1.54) is 50.7 Å². The van der Waals surface area contributed by atoms with Crippen LogP contribution in [-0.2, 0) is 6.42 Å². The van der Waals surface area contributed by atoms with Gasteiger partial charge in [0.05, 0.1) is 5.56 Å². The van der Waals surface area contributed by atoms with Gasteiger partial charge in [-0.1, -0.05) is 37.1 Å². The van der Waals surface area contributed by atoms with E-state index in [-0.39, 0.29) is 5.82 Å². The minimum Gasteiger partial charge on any atom is -0.492 e. The Labute approximate surface area is 253 Å². The lowest BCUT2D eigenvalue weighted by Gasteiger charge is -2.26. The van der Waals surface area contributed by atoms with Gasteiger partial charge in [-0.2, -0.15) is 0 Å². The van der Waals surface area contributed by atoms with E-state index in [2.05, 4.69) is 9.80 Å². The Bertz CT molecular complexity index is 1540. The first-order chi connectivity index (χ1) is 21.1. The van der Waals surface area contributed by atoms with Crippen molar-refractivity contribution < 1.29 is 18.3 Å². The van der Waals surface area contributed by atoms with E-state index in [0.29, 0.717) is 42.1 Å². The Balaban J connectivity index is 1.22. The number of benzene rings is 3. The molecule has 4 aromatic rings. The Morgan fingerprint density at radius 1 is 0.698 bits per heavy atom. The monoisotopic (exact) mass is 584 g/mol. The second-order valence-corrected chi connectivity index (χ2v) is 11.7. The molecule has 2 aliphatic heterocycles. The van der Waals surface area contributed by atoms with Gasteiger partial charge in [0, 0.05) is 24.5 Å². The molecule has 2 aliphatic rings. The quantitative estimate of drug-likeness (QED) is 0.179. The van der Waals surface area contributed by atoms with Crippen LogP contribution in [0.5, 0.6) is 11.5 Å². The molecule has 7 heteroatoms. The van der Waals surface area contributed by atoms with E-state index >= 15 is 0 Å². The molecule has 0 N–H and O–H groups in total. The average Bonchev–Trinajstić information content (AvgIpc) is 3.03. The van der Waals surface area contributed by atoms with Crippen molar-refractivity contribution >= 4 is 11.0 Å². The van der Waals surface area contributed by atoms with Crippen LogP contribution < -0.4 is 15.1 Å². The summed E-state index contributed by atoms with van der Waals surface area (Å²) >= 11 is 0. The zero-order chi connectivity index (χ0) is 29.4. The number of nitrogens with zero attached hydrogens (tertiary/aromatic N) is 2. The molecule has 6 rings (SSSR count). The number of rotatable bonds is 11. The average molecular weight is 585 g/mol. The summed E-state index contributed by atoms with van der Waals surface area (Å²) < 4.78 is 31.7. The van der Waals surface area contributed by atoms with E-state index in [9.17, 15) is 9.18 Å². The van der Waals surface area contributed by atoms with Crippen molar-refractivity contribution in [3.63, 3.8) is 0 Å². The first-order valence-corrected chi connectivity index (χ1v) is 15.8. The molecule has 0 aliphatic carbocycles. The van der Waals surface area contributed by atoms with Crippen LogP contribution in [0.2, 0.25) is 0 Å². The molecule has 0 spiro atoms. The molecular weight excluding hydrogens is 543 g/mol. The number of fused-ring (bicyclic) bond motifs is 1. The molecule has 3 heterocycles. The van der Waals surface area contributed by atoms with Crippen LogP contribution in [0.3, 0.4) is 0 Å². The fraction of sp³-hybridized carbons (Fsp3) is 0.417. The maximum Gasteiger partial charge on any atom is 0.344 e. The van der Waals surface area contributed by atoms with E-state index in [1.54, 1.807) is 12.1 Å². The summed E-state index contributed by atoms with van der Waals surface area (Å²) in [7, 11) is 0. The van der Waals surface area contributed by atoms with Crippen LogP contribution in [0.15, 0.2) is 75.9 Å². The van der Waals surface area contributed by atoms with Crippen molar-refractivity contribution in [2.45, 2.75) is 44.9 Å². The Kier molecular flexibility index (Phi) is 9.70. The summed E-state index contributed by atoms with van der Waals surface area (Å²) in [6.45, 7) is 7.64. The van der Waals surface area contributed by atoms with Crippen molar-refractivity contribution in [1.82, 2.24) is 9.80 Å². The highest BCUT2D eigenvalue weighted by Crippen LogP contribution is 2.32. The number of hydrogen-bond donors (Lipinski definition) is 0. The zero-order valence-corrected chi connectivity index (χ0v) is 24.9. The summed E-state index contributed by atoms with van der Waals surface area (Å²) in [5.74, 6) is 1.17. The van der Waals surface area contributed by atoms with Gasteiger partial charge in [-0.25, -0.2) is 9.18 Å². The molecule has 0 radical (unpaired) electrons. The third kappa shape index (κ3) is 7.64. The molecule has 6 nitrogen and oxygen atoms in total. The van der Waals surface area contributed by atoms with Crippen molar-refractivity contribution in [3.05, 3.63) is 94.1 Å². The molecular formula is C36H41FN2O4. The lowest BCUT2D eigenvalue weighted by Crippen LogP contribution is -2.33. The highest BCUT2D eigenvalue weighted by Gasteiger charge is 2.18. The molecule has 0 amide bonds. The Hall–Kier alpha value is -3.68. The van der Waals surface area contributed by atoms with Crippen LogP contribution >= 0.6 is 0 Å². The highest BCUT2D eigenvalue weighted by atomic mass is 19.1. The minimum absolute atomic E-state index is 0.349.